The molecule has 1 aliphatic heterocycles. The summed E-state index contributed by atoms with van der Waals surface area (Å²) in [5, 5.41) is 12.5. The summed E-state index contributed by atoms with van der Waals surface area (Å²) in [6.45, 7) is 2.52. The Morgan fingerprint density at radius 1 is 1.07 bits per heavy atom. The maximum atomic E-state index is 12.7. The molecule has 3 heterocycles. The summed E-state index contributed by atoms with van der Waals surface area (Å²) < 4.78 is 0. The summed E-state index contributed by atoms with van der Waals surface area (Å²) in [7, 11) is 0. The number of carboxylic acid groups (broad SMARTS) is 1. The third-order valence-corrected chi connectivity index (χ3v) is 5.35. The highest BCUT2D eigenvalue weighted by Crippen LogP contribution is 2.29. The quantitative estimate of drug-likeness (QED) is 0.818. The van der Waals surface area contributed by atoms with E-state index in [1.54, 1.807) is 11.1 Å². The number of nitrogens with zero attached hydrogens (tertiary/aromatic N) is 4. The van der Waals surface area contributed by atoms with Crippen molar-refractivity contribution < 1.29 is 14.7 Å². The Morgan fingerprint density at radius 3 is 2.46 bits per heavy atom. The second kappa shape index (κ2) is 7.84. The summed E-state index contributed by atoms with van der Waals surface area (Å²) in [5.74, 6) is -0.294. The van der Waals surface area contributed by atoms with Gasteiger partial charge in [-0.2, -0.15) is 0 Å². The highest BCUT2D eigenvalue weighted by Gasteiger charge is 2.26. The van der Waals surface area contributed by atoms with Crippen LogP contribution in [0.1, 0.15) is 40.1 Å². The predicted molar refractivity (Wildman–Crippen MR) is 105 cm³/mol. The summed E-state index contributed by atoms with van der Waals surface area (Å²) in [5.41, 5.74) is 1.39. The molecular weight excluding hydrogens is 358 g/mol. The van der Waals surface area contributed by atoms with E-state index < -0.39 is 5.97 Å². The number of aromatic nitrogens is 2. The SMILES string of the molecule is O=C(O)c1ccc(C(=O)N2CCN(c3ncccc3NC3CCC3)CC2)nc1. The van der Waals surface area contributed by atoms with E-state index >= 15 is 0 Å². The fourth-order valence-electron chi connectivity index (χ4n) is 3.46. The van der Waals surface area contributed by atoms with Gasteiger partial charge in [0.1, 0.15) is 5.69 Å². The minimum Gasteiger partial charge on any atom is -0.478 e. The van der Waals surface area contributed by atoms with Gasteiger partial charge in [0.15, 0.2) is 5.82 Å². The lowest BCUT2D eigenvalue weighted by atomic mass is 9.93. The second-order valence-corrected chi connectivity index (χ2v) is 7.16. The first-order chi connectivity index (χ1) is 13.6. The Bertz CT molecular complexity index is 858. The largest absolute Gasteiger partial charge is 0.478 e. The minimum atomic E-state index is -1.05. The average molecular weight is 381 g/mol. The summed E-state index contributed by atoms with van der Waals surface area (Å²) in [6.07, 6.45) is 6.69. The van der Waals surface area contributed by atoms with Gasteiger partial charge in [-0.1, -0.05) is 0 Å². The van der Waals surface area contributed by atoms with Gasteiger partial charge < -0.3 is 20.2 Å². The van der Waals surface area contributed by atoms with Crippen molar-refractivity contribution in [2.75, 3.05) is 36.4 Å². The standard InChI is InChI=1S/C20H23N5O3/c26-19(17-7-6-14(13-22-17)20(27)28)25-11-9-24(10-12-25)18-16(5-2-8-21-18)23-15-3-1-4-15/h2,5-8,13,15,23H,1,3-4,9-12H2,(H,27,28). The lowest BCUT2D eigenvalue weighted by Gasteiger charge is -2.37. The number of aromatic carboxylic acids is 1. The first-order valence-corrected chi connectivity index (χ1v) is 9.57. The molecule has 0 radical (unpaired) electrons. The number of piperazine rings is 1. The van der Waals surface area contributed by atoms with Crippen LogP contribution in [-0.2, 0) is 0 Å². The molecule has 2 aliphatic rings. The van der Waals surface area contributed by atoms with Crippen molar-refractivity contribution in [1.29, 1.82) is 0 Å². The van der Waals surface area contributed by atoms with Gasteiger partial charge in [0.25, 0.3) is 5.91 Å². The molecule has 8 nitrogen and oxygen atoms in total. The third-order valence-electron chi connectivity index (χ3n) is 5.35. The van der Waals surface area contributed by atoms with Gasteiger partial charge in [0.2, 0.25) is 0 Å². The van der Waals surface area contributed by atoms with Crippen molar-refractivity contribution in [3.05, 3.63) is 47.9 Å². The molecule has 2 N–H and O–H groups in total. The van der Waals surface area contributed by atoms with Crippen LogP contribution >= 0.6 is 0 Å². The number of hydrogen-bond donors (Lipinski definition) is 2. The van der Waals surface area contributed by atoms with Crippen molar-refractivity contribution in [2.45, 2.75) is 25.3 Å². The minimum absolute atomic E-state index is 0.0722. The van der Waals surface area contributed by atoms with Gasteiger partial charge in [-0.25, -0.2) is 9.78 Å². The second-order valence-electron chi connectivity index (χ2n) is 7.16. The van der Waals surface area contributed by atoms with Crippen molar-refractivity contribution >= 4 is 23.4 Å². The average Bonchev–Trinajstić information content (AvgIpc) is 2.71. The van der Waals surface area contributed by atoms with Crippen LogP contribution in [0.5, 0.6) is 0 Å². The molecule has 4 rings (SSSR count). The molecule has 0 bridgehead atoms. The topological polar surface area (TPSA) is 98.7 Å². The monoisotopic (exact) mass is 381 g/mol. The molecule has 1 saturated heterocycles. The van der Waals surface area contributed by atoms with Crippen LogP contribution < -0.4 is 10.2 Å². The Balaban J connectivity index is 1.39. The Morgan fingerprint density at radius 2 is 1.86 bits per heavy atom. The van der Waals surface area contributed by atoms with E-state index in [0.29, 0.717) is 32.2 Å². The molecule has 1 saturated carbocycles. The number of pyridine rings is 2. The van der Waals surface area contributed by atoms with Crippen molar-refractivity contribution in [2.24, 2.45) is 0 Å². The highest BCUT2D eigenvalue weighted by atomic mass is 16.4. The highest BCUT2D eigenvalue weighted by molar-refractivity contribution is 5.94. The molecule has 0 unspecified atom stereocenters. The zero-order valence-corrected chi connectivity index (χ0v) is 15.5. The molecule has 0 spiro atoms. The van der Waals surface area contributed by atoms with Crippen molar-refractivity contribution in [3.63, 3.8) is 0 Å². The number of carbonyl (C=O) groups is 2. The van der Waals surface area contributed by atoms with E-state index in [2.05, 4.69) is 26.3 Å². The summed E-state index contributed by atoms with van der Waals surface area (Å²) >= 11 is 0. The number of carbonyl (C=O) groups excluding carboxylic acids is 1. The number of amides is 1. The van der Waals surface area contributed by atoms with Crippen molar-refractivity contribution in [1.82, 2.24) is 14.9 Å². The molecule has 2 aromatic heterocycles. The fourth-order valence-corrected chi connectivity index (χ4v) is 3.46. The van der Waals surface area contributed by atoms with Crippen LogP contribution in [0.3, 0.4) is 0 Å². The van der Waals surface area contributed by atoms with Gasteiger partial charge in [-0.05, 0) is 43.5 Å². The van der Waals surface area contributed by atoms with Crippen LogP contribution in [-0.4, -0.2) is 64.1 Å². The Kier molecular flexibility index (Phi) is 5.10. The third kappa shape index (κ3) is 3.76. The predicted octanol–water partition coefficient (Wildman–Crippen LogP) is 2.10. The van der Waals surface area contributed by atoms with Gasteiger partial charge >= 0.3 is 5.97 Å². The summed E-state index contributed by atoms with van der Waals surface area (Å²) in [4.78, 5) is 36.1. The van der Waals surface area contributed by atoms with E-state index in [9.17, 15) is 9.59 Å². The molecule has 28 heavy (non-hydrogen) atoms. The molecule has 0 atom stereocenters. The van der Waals surface area contributed by atoms with Crippen LogP contribution in [0.15, 0.2) is 36.7 Å². The van der Waals surface area contributed by atoms with Gasteiger partial charge in [0.05, 0.1) is 11.3 Å². The molecular formula is C20H23N5O3. The maximum absolute atomic E-state index is 12.7. The maximum Gasteiger partial charge on any atom is 0.337 e. The molecule has 1 aliphatic carbocycles. The fraction of sp³-hybridized carbons (Fsp3) is 0.400. The Hall–Kier alpha value is -3.16. The smallest absolute Gasteiger partial charge is 0.337 e. The van der Waals surface area contributed by atoms with E-state index in [1.807, 2.05) is 6.07 Å². The van der Waals surface area contributed by atoms with Gasteiger partial charge in [-0.3, -0.25) is 9.78 Å². The van der Waals surface area contributed by atoms with Gasteiger partial charge in [-0.15, -0.1) is 0 Å². The number of hydrogen-bond acceptors (Lipinski definition) is 6. The molecule has 0 aromatic carbocycles. The first kappa shape index (κ1) is 18.2. The number of rotatable bonds is 5. The summed E-state index contributed by atoms with van der Waals surface area (Å²) in [6, 6.07) is 7.41. The molecule has 2 fully saturated rings. The van der Waals surface area contributed by atoms with Crippen LogP contribution in [0.2, 0.25) is 0 Å². The van der Waals surface area contributed by atoms with Crippen LogP contribution in [0, 0.1) is 0 Å². The zero-order valence-electron chi connectivity index (χ0n) is 15.5. The molecule has 2 aromatic rings. The van der Waals surface area contributed by atoms with Crippen LogP contribution in [0.4, 0.5) is 11.5 Å². The van der Waals surface area contributed by atoms with E-state index in [1.165, 1.54) is 37.6 Å². The van der Waals surface area contributed by atoms with Gasteiger partial charge in [0, 0.05) is 44.6 Å². The lowest BCUT2D eigenvalue weighted by Crippen LogP contribution is -2.49. The molecule has 146 valence electrons. The number of anilines is 2. The molecule has 1 amide bonds. The van der Waals surface area contributed by atoms with Crippen LogP contribution in [0.25, 0.3) is 0 Å². The lowest BCUT2D eigenvalue weighted by molar-refractivity contribution is 0.0691. The van der Waals surface area contributed by atoms with E-state index in [4.69, 9.17) is 5.11 Å². The number of carboxylic acids is 1. The molecule has 8 heteroatoms. The van der Waals surface area contributed by atoms with E-state index in [-0.39, 0.29) is 17.2 Å². The first-order valence-electron chi connectivity index (χ1n) is 9.57. The van der Waals surface area contributed by atoms with Crippen molar-refractivity contribution in [3.8, 4) is 0 Å². The number of nitrogens with one attached hydrogen (secondary N) is 1. The van der Waals surface area contributed by atoms with E-state index in [0.717, 1.165) is 11.5 Å². The normalized spacial score (nSPS) is 17.1. The Labute approximate surface area is 163 Å². The zero-order chi connectivity index (χ0) is 19.5.